The van der Waals surface area contributed by atoms with E-state index in [1.165, 1.54) is 0 Å². The first-order valence-corrected chi connectivity index (χ1v) is 10.1. The second-order valence-corrected chi connectivity index (χ2v) is 8.56. The third kappa shape index (κ3) is 2.93. The Bertz CT molecular complexity index is 714. The molecule has 0 saturated carbocycles. The van der Waals surface area contributed by atoms with Crippen LogP contribution in [0.4, 0.5) is 5.13 Å². The molecule has 0 N–H and O–H groups in total. The number of nitrogens with zero attached hydrogens (tertiary/aromatic N) is 5. The number of carbonyl (C=O) groups excluding carboxylic acids is 1. The molecule has 5 rings (SSSR count). The maximum absolute atomic E-state index is 12.9. The van der Waals surface area contributed by atoms with Crippen LogP contribution < -0.4 is 4.90 Å². The number of rotatable bonds is 4. The van der Waals surface area contributed by atoms with E-state index in [1.54, 1.807) is 22.7 Å². The summed E-state index contributed by atoms with van der Waals surface area (Å²) < 4.78 is 0. The second-order valence-electron chi connectivity index (χ2n) is 6.86. The van der Waals surface area contributed by atoms with Crippen molar-refractivity contribution < 1.29 is 4.79 Å². The van der Waals surface area contributed by atoms with Gasteiger partial charge in [-0.1, -0.05) is 25.2 Å². The molecule has 2 atom stereocenters. The molecule has 2 bridgehead atoms. The molecule has 2 aromatic rings. The van der Waals surface area contributed by atoms with Gasteiger partial charge in [-0.05, 0) is 12.8 Å². The Kier molecular flexibility index (Phi) is 4.26. The van der Waals surface area contributed by atoms with Crippen molar-refractivity contribution in [3.63, 3.8) is 0 Å². The zero-order valence-electron chi connectivity index (χ0n) is 13.9. The molecule has 128 valence electrons. The molecule has 3 aliphatic rings. The van der Waals surface area contributed by atoms with E-state index in [0.29, 0.717) is 12.5 Å². The fourth-order valence-corrected chi connectivity index (χ4v) is 4.90. The van der Waals surface area contributed by atoms with Crippen LogP contribution >= 0.6 is 22.7 Å². The number of anilines is 1. The van der Waals surface area contributed by atoms with Crippen LogP contribution in [-0.2, 0) is 11.3 Å². The van der Waals surface area contributed by atoms with Crippen LogP contribution in [-0.4, -0.2) is 45.1 Å². The lowest BCUT2D eigenvalue weighted by Crippen LogP contribution is -2.47. The number of carbonyl (C=O) groups is 1. The maximum atomic E-state index is 12.9. The van der Waals surface area contributed by atoms with Crippen molar-refractivity contribution in [2.45, 2.75) is 45.2 Å². The molecular formula is C16H21N5OS2. The molecule has 3 aliphatic heterocycles. The second kappa shape index (κ2) is 6.40. The highest BCUT2D eigenvalue weighted by atomic mass is 32.1. The third-order valence-electron chi connectivity index (χ3n) is 4.80. The minimum absolute atomic E-state index is 0.0637. The van der Waals surface area contributed by atoms with Crippen molar-refractivity contribution >= 4 is 33.7 Å². The molecule has 8 heteroatoms. The van der Waals surface area contributed by atoms with Crippen molar-refractivity contribution in [2.24, 2.45) is 5.92 Å². The first-order chi connectivity index (χ1) is 11.6. The molecule has 3 fully saturated rings. The van der Waals surface area contributed by atoms with E-state index < -0.39 is 0 Å². The van der Waals surface area contributed by atoms with Crippen molar-refractivity contribution in [3.05, 3.63) is 21.6 Å². The zero-order valence-corrected chi connectivity index (χ0v) is 15.5. The van der Waals surface area contributed by atoms with Gasteiger partial charge < -0.3 is 9.80 Å². The lowest BCUT2D eigenvalue weighted by molar-refractivity contribution is -0.140. The predicted molar refractivity (Wildman–Crippen MR) is 95.4 cm³/mol. The Morgan fingerprint density at radius 1 is 1.29 bits per heavy atom. The summed E-state index contributed by atoms with van der Waals surface area (Å²) in [5, 5.41) is 12.7. The topological polar surface area (TPSA) is 62.2 Å². The SMILES string of the molecule is CC(C)c1nnc(N2C[C@@H]3CC[C@H](C2)N(Cc2cscn2)C3=O)s1. The quantitative estimate of drug-likeness (QED) is 0.836. The van der Waals surface area contributed by atoms with Crippen LogP contribution in [0.25, 0.3) is 0 Å². The van der Waals surface area contributed by atoms with Gasteiger partial charge in [-0.25, -0.2) is 4.98 Å². The maximum Gasteiger partial charge on any atom is 0.228 e. The molecule has 24 heavy (non-hydrogen) atoms. The van der Waals surface area contributed by atoms with Gasteiger partial charge in [-0.2, -0.15) is 0 Å². The Labute approximate surface area is 149 Å². The number of hydrogen-bond donors (Lipinski definition) is 0. The van der Waals surface area contributed by atoms with Crippen LogP contribution in [0, 0.1) is 5.92 Å². The van der Waals surface area contributed by atoms with Crippen molar-refractivity contribution in [3.8, 4) is 0 Å². The van der Waals surface area contributed by atoms with Gasteiger partial charge in [0.2, 0.25) is 11.0 Å². The summed E-state index contributed by atoms with van der Waals surface area (Å²) in [6, 6.07) is 0.240. The summed E-state index contributed by atoms with van der Waals surface area (Å²) in [7, 11) is 0. The van der Waals surface area contributed by atoms with Crippen LogP contribution in [0.1, 0.15) is 43.3 Å². The van der Waals surface area contributed by atoms with E-state index in [9.17, 15) is 4.79 Å². The Morgan fingerprint density at radius 2 is 2.17 bits per heavy atom. The molecule has 0 spiro atoms. The first-order valence-electron chi connectivity index (χ1n) is 8.37. The van der Waals surface area contributed by atoms with Crippen LogP contribution in [0.2, 0.25) is 0 Å². The normalized spacial score (nSPS) is 24.0. The van der Waals surface area contributed by atoms with Crippen molar-refractivity contribution in [2.75, 3.05) is 18.0 Å². The smallest absolute Gasteiger partial charge is 0.228 e. The van der Waals surface area contributed by atoms with Gasteiger partial charge in [0.25, 0.3) is 0 Å². The van der Waals surface area contributed by atoms with Crippen LogP contribution in [0.15, 0.2) is 10.9 Å². The summed E-state index contributed by atoms with van der Waals surface area (Å²) >= 11 is 3.24. The fourth-order valence-electron chi connectivity index (χ4n) is 3.48. The molecule has 0 aliphatic carbocycles. The highest BCUT2D eigenvalue weighted by molar-refractivity contribution is 7.15. The third-order valence-corrected chi connectivity index (χ3v) is 6.72. The molecule has 1 amide bonds. The van der Waals surface area contributed by atoms with Gasteiger partial charge >= 0.3 is 0 Å². The zero-order chi connectivity index (χ0) is 16.7. The van der Waals surface area contributed by atoms with Gasteiger partial charge in [0.15, 0.2) is 0 Å². The minimum Gasteiger partial charge on any atom is -0.344 e. The summed E-state index contributed by atoms with van der Waals surface area (Å²) in [5.41, 5.74) is 2.82. The number of fused-ring (bicyclic) bond motifs is 4. The average molecular weight is 364 g/mol. The molecule has 2 aromatic heterocycles. The van der Waals surface area contributed by atoms with E-state index in [1.807, 2.05) is 15.8 Å². The van der Waals surface area contributed by atoms with Gasteiger partial charge in [0.1, 0.15) is 5.01 Å². The molecule has 6 nitrogen and oxygen atoms in total. The number of aromatic nitrogens is 3. The average Bonchev–Trinajstić information content (AvgIpc) is 3.18. The highest BCUT2D eigenvalue weighted by Gasteiger charge is 2.41. The molecule has 5 heterocycles. The first kappa shape index (κ1) is 16.0. The molecular weight excluding hydrogens is 342 g/mol. The molecule has 0 aromatic carbocycles. The van der Waals surface area contributed by atoms with Crippen LogP contribution in [0.5, 0.6) is 0 Å². The molecule has 0 radical (unpaired) electrons. The van der Waals surface area contributed by atoms with E-state index in [4.69, 9.17) is 0 Å². The monoisotopic (exact) mass is 363 g/mol. The van der Waals surface area contributed by atoms with Crippen molar-refractivity contribution in [1.82, 2.24) is 20.1 Å². The lowest BCUT2D eigenvalue weighted by Gasteiger charge is -2.35. The lowest BCUT2D eigenvalue weighted by atomic mass is 9.94. The Hall–Kier alpha value is -1.54. The Morgan fingerprint density at radius 3 is 2.88 bits per heavy atom. The van der Waals surface area contributed by atoms with Gasteiger partial charge in [-0.15, -0.1) is 21.5 Å². The summed E-state index contributed by atoms with van der Waals surface area (Å²) in [6.07, 6.45) is 2.04. The van der Waals surface area contributed by atoms with Crippen LogP contribution in [0.3, 0.4) is 0 Å². The number of amides is 1. The van der Waals surface area contributed by atoms with Gasteiger partial charge in [0, 0.05) is 30.4 Å². The summed E-state index contributed by atoms with van der Waals surface area (Å²) in [5.74, 6) is 0.729. The minimum atomic E-state index is 0.0637. The number of piperidine rings is 1. The standard InChI is InChI=1S/C16H21N5OS2/c1-10(2)14-18-19-16(24-14)20-5-11-3-4-13(7-20)21(15(11)22)6-12-8-23-9-17-12/h8-11,13H,3-7H2,1-2H3/t11-,13+/m0/s1. The predicted octanol–water partition coefficient (Wildman–Crippen LogP) is 2.75. The van der Waals surface area contributed by atoms with Crippen molar-refractivity contribution in [1.29, 1.82) is 0 Å². The van der Waals surface area contributed by atoms with E-state index in [2.05, 4.69) is 33.9 Å². The van der Waals surface area contributed by atoms with E-state index in [0.717, 1.165) is 41.8 Å². The number of hydrogen-bond acceptors (Lipinski definition) is 7. The van der Waals surface area contributed by atoms with E-state index >= 15 is 0 Å². The largest absolute Gasteiger partial charge is 0.344 e. The van der Waals surface area contributed by atoms with Gasteiger partial charge in [-0.3, -0.25) is 4.79 Å². The molecule has 0 unspecified atom stereocenters. The number of thiazole rings is 1. The Balaban J connectivity index is 1.56. The summed E-state index contributed by atoms with van der Waals surface area (Å²) in [4.78, 5) is 21.5. The molecule has 3 saturated heterocycles. The van der Waals surface area contributed by atoms with Gasteiger partial charge in [0.05, 0.1) is 23.7 Å². The van der Waals surface area contributed by atoms with E-state index in [-0.39, 0.29) is 17.9 Å². The highest BCUT2D eigenvalue weighted by Crippen LogP contribution is 2.34. The summed E-state index contributed by atoms with van der Waals surface area (Å²) in [6.45, 7) is 6.50. The fraction of sp³-hybridized carbons (Fsp3) is 0.625.